The number of aryl methyl sites for hydroxylation is 2. The fourth-order valence-electron chi connectivity index (χ4n) is 1.79. The molecule has 1 heterocycles. The highest BCUT2D eigenvalue weighted by atomic mass is 79.9. The van der Waals surface area contributed by atoms with Crippen molar-refractivity contribution in [3.63, 3.8) is 0 Å². The molecule has 0 spiro atoms. The van der Waals surface area contributed by atoms with Gasteiger partial charge in [0.15, 0.2) is 0 Å². The first-order valence-electron chi connectivity index (χ1n) is 5.88. The molecule has 0 aliphatic heterocycles. The predicted molar refractivity (Wildman–Crippen MR) is 76.9 cm³/mol. The van der Waals surface area contributed by atoms with Gasteiger partial charge < -0.3 is 4.74 Å². The Morgan fingerprint density at radius 2 is 1.78 bits per heavy atom. The van der Waals surface area contributed by atoms with Gasteiger partial charge in [-0.1, -0.05) is 12.1 Å². The average molecular weight is 306 g/mol. The minimum Gasteiger partial charge on any atom is -0.487 e. The Hall–Kier alpha value is -1.35. The minimum atomic E-state index is 0.498. The summed E-state index contributed by atoms with van der Waals surface area (Å²) in [5, 5.41) is 0. The largest absolute Gasteiger partial charge is 0.487 e. The Balaban J connectivity index is 2.15. The van der Waals surface area contributed by atoms with E-state index in [0.29, 0.717) is 6.61 Å². The zero-order valence-electron chi connectivity index (χ0n) is 10.8. The van der Waals surface area contributed by atoms with Crippen LogP contribution < -0.4 is 4.74 Å². The molecule has 1 aromatic heterocycles. The SMILES string of the molecule is Cc1ccc(C)c(OCc2ccc(Br)cn2)c1C. The van der Waals surface area contributed by atoms with E-state index >= 15 is 0 Å². The Kier molecular flexibility index (Phi) is 4.02. The van der Waals surface area contributed by atoms with Crippen LogP contribution in [0.2, 0.25) is 0 Å². The third-order valence-corrected chi connectivity index (χ3v) is 3.50. The smallest absolute Gasteiger partial charge is 0.130 e. The molecule has 0 N–H and O–H groups in total. The number of hydrogen-bond acceptors (Lipinski definition) is 2. The monoisotopic (exact) mass is 305 g/mol. The molecule has 2 nitrogen and oxygen atoms in total. The normalized spacial score (nSPS) is 10.4. The molecule has 0 saturated carbocycles. The Morgan fingerprint density at radius 3 is 2.44 bits per heavy atom. The van der Waals surface area contributed by atoms with Crippen molar-refractivity contribution in [2.24, 2.45) is 0 Å². The van der Waals surface area contributed by atoms with Gasteiger partial charge in [-0.15, -0.1) is 0 Å². The molecule has 2 aromatic rings. The number of halogens is 1. The number of rotatable bonds is 3. The third kappa shape index (κ3) is 2.91. The average Bonchev–Trinajstić information content (AvgIpc) is 2.36. The first kappa shape index (κ1) is 13.1. The highest BCUT2D eigenvalue weighted by Gasteiger charge is 2.06. The van der Waals surface area contributed by atoms with Gasteiger partial charge >= 0.3 is 0 Å². The summed E-state index contributed by atoms with van der Waals surface area (Å²) in [5.41, 5.74) is 4.54. The van der Waals surface area contributed by atoms with E-state index < -0.39 is 0 Å². The van der Waals surface area contributed by atoms with Crippen molar-refractivity contribution in [1.29, 1.82) is 0 Å². The predicted octanol–water partition coefficient (Wildman–Crippen LogP) is 4.35. The van der Waals surface area contributed by atoms with E-state index in [1.54, 1.807) is 6.20 Å². The molecule has 0 atom stereocenters. The minimum absolute atomic E-state index is 0.498. The van der Waals surface area contributed by atoms with Crippen LogP contribution in [-0.2, 0) is 6.61 Å². The van der Waals surface area contributed by atoms with Crippen molar-refractivity contribution >= 4 is 15.9 Å². The lowest BCUT2D eigenvalue weighted by Crippen LogP contribution is -2.01. The molecule has 18 heavy (non-hydrogen) atoms. The molecule has 0 bridgehead atoms. The molecule has 2 rings (SSSR count). The topological polar surface area (TPSA) is 22.1 Å². The van der Waals surface area contributed by atoms with Crippen LogP contribution >= 0.6 is 15.9 Å². The molecule has 0 amide bonds. The number of aromatic nitrogens is 1. The van der Waals surface area contributed by atoms with Crippen LogP contribution in [0.1, 0.15) is 22.4 Å². The van der Waals surface area contributed by atoms with Crippen molar-refractivity contribution in [2.45, 2.75) is 27.4 Å². The van der Waals surface area contributed by atoms with Crippen molar-refractivity contribution < 1.29 is 4.74 Å². The van der Waals surface area contributed by atoms with Crippen molar-refractivity contribution in [3.05, 3.63) is 57.3 Å². The molecule has 0 fully saturated rings. The summed E-state index contributed by atoms with van der Waals surface area (Å²) in [6, 6.07) is 8.15. The summed E-state index contributed by atoms with van der Waals surface area (Å²) < 4.78 is 6.88. The van der Waals surface area contributed by atoms with Gasteiger partial charge in [-0.25, -0.2) is 0 Å². The quantitative estimate of drug-likeness (QED) is 0.841. The zero-order valence-corrected chi connectivity index (χ0v) is 12.4. The lowest BCUT2D eigenvalue weighted by Gasteiger charge is -2.13. The summed E-state index contributed by atoms with van der Waals surface area (Å²) in [7, 11) is 0. The van der Waals surface area contributed by atoms with E-state index in [1.165, 1.54) is 11.1 Å². The molecule has 0 unspecified atom stereocenters. The van der Waals surface area contributed by atoms with Gasteiger partial charge in [0.1, 0.15) is 12.4 Å². The summed E-state index contributed by atoms with van der Waals surface area (Å²) in [6.45, 7) is 6.75. The summed E-state index contributed by atoms with van der Waals surface area (Å²) in [6.07, 6.45) is 1.79. The lowest BCUT2D eigenvalue weighted by atomic mass is 10.1. The molecule has 94 valence electrons. The second-order valence-corrected chi connectivity index (χ2v) is 5.33. The second-order valence-electron chi connectivity index (χ2n) is 4.41. The van der Waals surface area contributed by atoms with Crippen LogP contribution in [0.3, 0.4) is 0 Å². The van der Waals surface area contributed by atoms with Crippen molar-refractivity contribution in [2.75, 3.05) is 0 Å². The number of hydrogen-bond donors (Lipinski definition) is 0. The highest BCUT2D eigenvalue weighted by Crippen LogP contribution is 2.26. The van der Waals surface area contributed by atoms with Gasteiger partial charge in [0.2, 0.25) is 0 Å². The first-order valence-corrected chi connectivity index (χ1v) is 6.67. The van der Waals surface area contributed by atoms with E-state index in [-0.39, 0.29) is 0 Å². The van der Waals surface area contributed by atoms with E-state index in [1.807, 2.05) is 12.1 Å². The summed E-state index contributed by atoms with van der Waals surface area (Å²) in [5.74, 6) is 0.972. The van der Waals surface area contributed by atoms with E-state index in [2.05, 4.69) is 53.8 Å². The number of pyridine rings is 1. The van der Waals surface area contributed by atoms with Gasteiger partial charge in [-0.2, -0.15) is 0 Å². The lowest BCUT2D eigenvalue weighted by molar-refractivity contribution is 0.297. The molecule has 3 heteroatoms. The highest BCUT2D eigenvalue weighted by molar-refractivity contribution is 9.10. The van der Waals surface area contributed by atoms with E-state index in [4.69, 9.17) is 4.74 Å². The van der Waals surface area contributed by atoms with Crippen LogP contribution in [0.15, 0.2) is 34.9 Å². The molecule has 0 aliphatic carbocycles. The van der Waals surface area contributed by atoms with Gasteiger partial charge in [-0.05, 0) is 65.5 Å². The fraction of sp³-hybridized carbons (Fsp3) is 0.267. The van der Waals surface area contributed by atoms with Gasteiger partial charge in [0.05, 0.1) is 5.69 Å². The van der Waals surface area contributed by atoms with Gasteiger partial charge in [0.25, 0.3) is 0 Å². The van der Waals surface area contributed by atoms with Crippen LogP contribution in [0.4, 0.5) is 0 Å². The Morgan fingerprint density at radius 1 is 1.06 bits per heavy atom. The maximum Gasteiger partial charge on any atom is 0.130 e. The van der Waals surface area contributed by atoms with Crippen LogP contribution in [0.25, 0.3) is 0 Å². The first-order chi connectivity index (χ1) is 8.58. The van der Waals surface area contributed by atoms with Crippen molar-refractivity contribution in [1.82, 2.24) is 4.98 Å². The number of benzene rings is 1. The molecular weight excluding hydrogens is 290 g/mol. The maximum absolute atomic E-state index is 5.90. The van der Waals surface area contributed by atoms with Crippen LogP contribution in [-0.4, -0.2) is 4.98 Å². The Labute approximate surface area is 116 Å². The number of ether oxygens (including phenoxy) is 1. The fourth-order valence-corrected chi connectivity index (χ4v) is 2.02. The maximum atomic E-state index is 5.90. The van der Waals surface area contributed by atoms with Crippen LogP contribution in [0, 0.1) is 20.8 Å². The van der Waals surface area contributed by atoms with Crippen molar-refractivity contribution in [3.8, 4) is 5.75 Å². The zero-order chi connectivity index (χ0) is 13.1. The standard InChI is InChI=1S/C15H16BrNO/c1-10-4-5-11(2)15(12(10)3)18-9-14-7-6-13(16)8-17-14/h4-8H,9H2,1-3H3. The van der Waals surface area contributed by atoms with Gasteiger partial charge in [-0.3, -0.25) is 4.98 Å². The summed E-state index contributed by atoms with van der Waals surface area (Å²) >= 11 is 3.37. The molecule has 1 aromatic carbocycles. The Bertz CT molecular complexity index is 549. The third-order valence-electron chi connectivity index (χ3n) is 3.03. The molecular formula is C15H16BrNO. The van der Waals surface area contributed by atoms with E-state index in [9.17, 15) is 0 Å². The van der Waals surface area contributed by atoms with Gasteiger partial charge in [0, 0.05) is 10.7 Å². The summed E-state index contributed by atoms with van der Waals surface area (Å²) in [4.78, 5) is 4.30. The number of nitrogens with zero attached hydrogens (tertiary/aromatic N) is 1. The van der Waals surface area contributed by atoms with Crippen LogP contribution in [0.5, 0.6) is 5.75 Å². The second kappa shape index (κ2) is 5.53. The molecule has 0 saturated heterocycles. The molecule has 0 radical (unpaired) electrons. The van der Waals surface area contributed by atoms with E-state index in [0.717, 1.165) is 21.5 Å². The molecule has 0 aliphatic rings.